The van der Waals surface area contributed by atoms with E-state index in [9.17, 15) is 41.0 Å². The van der Waals surface area contributed by atoms with Crippen LogP contribution in [0, 0.1) is 5.92 Å². The second-order valence-corrected chi connectivity index (χ2v) is 6.86. The van der Waals surface area contributed by atoms with Crippen molar-refractivity contribution in [3.8, 4) is 5.75 Å². The number of benzene rings is 1. The molecule has 0 saturated carbocycles. The van der Waals surface area contributed by atoms with Crippen LogP contribution in [0.2, 0.25) is 0 Å². The fourth-order valence-electron chi connectivity index (χ4n) is 2.25. The van der Waals surface area contributed by atoms with Gasteiger partial charge < -0.3 is 14.6 Å². The second kappa shape index (κ2) is 8.21. The van der Waals surface area contributed by atoms with Crippen molar-refractivity contribution in [3.63, 3.8) is 0 Å². The standard InChI is InChI=1S/C18H20F6O5/c1-5-10(2)13(25)28-12-8-6-11(7-9-12)14(26)29-15(3,4)16(27,17(19,20)21)18(22,23)24/h6-10,27H,5H2,1-4H3. The zero-order valence-corrected chi connectivity index (χ0v) is 15.9. The van der Waals surface area contributed by atoms with Crippen LogP contribution in [-0.4, -0.2) is 40.6 Å². The van der Waals surface area contributed by atoms with Crippen molar-refractivity contribution in [2.24, 2.45) is 5.92 Å². The summed E-state index contributed by atoms with van der Waals surface area (Å²) >= 11 is 0. The minimum Gasteiger partial charge on any atom is -0.452 e. The van der Waals surface area contributed by atoms with E-state index in [1.165, 1.54) is 0 Å². The molecule has 0 amide bonds. The highest BCUT2D eigenvalue weighted by molar-refractivity contribution is 5.90. The molecule has 11 heteroatoms. The SMILES string of the molecule is CCC(C)C(=O)Oc1ccc(C(=O)OC(C)(C)C(O)(C(F)(F)F)C(F)(F)F)cc1. The van der Waals surface area contributed by atoms with Gasteiger partial charge in [-0.15, -0.1) is 0 Å². The van der Waals surface area contributed by atoms with E-state index in [2.05, 4.69) is 4.74 Å². The lowest BCUT2D eigenvalue weighted by atomic mass is 9.84. The van der Waals surface area contributed by atoms with E-state index < -0.39 is 47.0 Å². The van der Waals surface area contributed by atoms with Gasteiger partial charge in [0, 0.05) is 0 Å². The zero-order chi connectivity index (χ0) is 22.8. The first kappa shape index (κ1) is 24.7. The van der Waals surface area contributed by atoms with Gasteiger partial charge in [0.2, 0.25) is 0 Å². The molecular formula is C18H20F6O5. The Hall–Kier alpha value is -2.30. The lowest BCUT2D eigenvalue weighted by molar-refractivity contribution is -0.406. The number of esters is 2. The third-order valence-electron chi connectivity index (χ3n) is 4.36. The molecule has 0 aliphatic heterocycles. The maximum absolute atomic E-state index is 13.0. The predicted molar refractivity (Wildman–Crippen MR) is 88.1 cm³/mol. The number of ether oxygens (including phenoxy) is 2. The van der Waals surface area contributed by atoms with Crippen LogP contribution in [0.1, 0.15) is 44.5 Å². The quantitative estimate of drug-likeness (QED) is 0.411. The second-order valence-electron chi connectivity index (χ2n) is 6.86. The molecule has 1 aromatic rings. The smallest absolute Gasteiger partial charge is 0.430 e. The lowest BCUT2D eigenvalue weighted by Crippen LogP contribution is -2.69. The molecule has 0 bridgehead atoms. The van der Waals surface area contributed by atoms with Crippen molar-refractivity contribution in [2.45, 2.75) is 57.7 Å². The van der Waals surface area contributed by atoms with Crippen molar-refractivity contribution in [3.05, 3.63) is 29.8 Å². The molecule has 1 atom stereocenters. The highest BCUT2D eigenvalue weighted by atomic mass is 19.4. The molecular weight excluding hydrogens is 410 g/mol. The highest BCUT2D eigenvalue weighted by Gasteiger charge is 2.78. The average molecular weight is 430 g/mol. The third-order valence-corrected chi connectivity index (χ3v) is 4.36. The fraction of sp³-hybridized carbons (Fsp3) is 0.556. The molecule has 1 rings (SSSR count). The molecule has 0 aromatic heterocycles. The van der Waals surface area contributed by atoms with E-state index >= 15 is 0 Å². The predicted octanol–water partition coefficient (Wildman–Crippen LogP) is 4.43. The first-order valence-corrected chi connectivity index (χ1v) is 8.38. The molecule has 0 saturated heterocycles. The number of carbonyl (C=O) groups is 2. The summed E-state index contributed by atoms with van der Waals surface area (Å²) in [7, 11) is 0. The Kier molecular flexibility index (Phi) is 7.00. The van der Waals surface area contributed by atoms with Crippen LogP contribution in [0.4, 0.5) is 26.3 Å². The number of alkyl halides is 6. The molecule has 1 N–H and O–H groups in total. The van der Waals surface area contributed by atoms with Crippen molar-refractivity contribution >= 4 is 11.9 Å². The summed E-state index contributed by atoms with van der Waals surface area (Å²) in [5.41, 5.74) is -9.11. The normalized spacial score (nSPS) is 14.3. The highest BCUT2D eigenvalue weighted by Crippen LogP contribution is 2.50. The molecule has 0 radical (unpaired) electrons. The molecule has 0 heterocycles. The molecule has 0 spiro atoms. The molecule has 5 nitrogen and oxygen atoms in total. The molecule has 1 aromatic carbocycles. The van der Waals surface area contributed by atoms with Gasteiger partial charge in [-0.1, -0.05) is 13.8 Å². The van der Waals surface area contributed by atoms with E-state index in [-0.39, 0.29) is 5.75 Å². The van der Waals surface area contributed by atoms with Crippen LogP contribution in [0.3, 0.4) is 0 Å². The molecule has 0 aliphatic rings. The maximum atomic E-state index is 13.0. The van der Waals surface area contributed by atoms with Crippen LogP contribution in [0.25, 0.3) is 0 Å². The minimum atomic E-state index is -6.16. The van der Waals surface area contributed by atoms with Crippen molar-refractivity contribution in [2.75, 3.05) is 0 Å². The number of hydrogen-bond donors (Lipinski definition) is 1. The first-order valence-electron chi connectivity index (χ1n) is 8.38. The molecule has 29 heavy (non-hydrogen) atoms. The van der Waals surface area contributed by atoms with Gasteiger partial charge in [-0.2, -0.15) is 26.3 Å². The van der Waals surface area contributed by atoms with E-state index in [0.717, 1.165) is 24.3 Å². The summed E-state index contributed by atoms with van der Waals surface area (Å²) in [6.07, 6.45) is -11.8. The fourth-order valence-corrected chi connectivity index (χ4v) is 2.25. The summed E-state index contributed by atoms with van der Waals surface area (Å²) in [5, 5.41) is 9.44. The summed E-state index contributed by atoms with van der Waals surface area (Å²) in [6.45, 7) is 3.98. The van der Waals surface area contributed by atoms with Crippen molar-refractivity contribution < 1.29 is 50.5 Å². The Bertz CT molecular complexity index is 723. The summed E-state index contributed by atoms with van der Waals surface area (Å²) < 4.78 is 87.4. The Balaban J connectivity index is 3.06. The van der Waals surface area contributed by atoms with Gasteiger partial charge in [0.1, 0.15) is 5.75 Å². The van der Waals surface area contributed by atoms with Crippen molar-refractivity contribution in [1.29, 1.82) is 0 Å². The Labute approximate surface area is 162 Å². The molecule has 1 unspecified atom stereocenters. The Morgan fingerprint density at radius 2 is 1.45 bits per heavy atom. The van der Waals surface area contributed by atoms with Crippen LogP contribution in [-0.2, 0) is 9.53 Å². The van der Waals surface area contributed by atoms with Gasteiger partial charge in [-0.3, -0.25) is 4.79 Å². The maximum Gasteiger partial charge on any atom is 0.430 e. The Morgan fingerprint density at radius 3 is 1.83 bits per heavy atom. The van der Waals surface area contributed by atoms with E-state index in [1.54, 1.807) is 13.8 Å². The molecule has 0 fully saturated rings. The van der Waals surface area contributed by atoms with E-state index in [1.807, 2.05) is 0 Å². The zero-order valence-electron chi connectivity index (χ0n) is 15.9. The van der Waals surface area contributed by atoms with E-state index in [0.29, 0.717) is 20.3 Å². The van der Waals surface area contributed by atoms with Gasteiger partial charge in [-0.25, -0.2) is 4.79 Å². The third kappa shape index (κ3) is 5.01. The minimum absolute atomic E-state index is 0.0215. The van der Waals surface area contributed by atoms with Crippen molar-refractivity contribution in [1.82, 2.24) is 0 Å². The van der Waals surface area contributed by atoms with Gasteiger partial charge >= 0.3 is 24.3 Å². The van der Waals surface area contributed by atoms with E-state index in [4.69, 9.17) is 4.74 Å². The number of halogens is 6. The number of aliphatic hydroxyl groups is 1. The van der Waals surface area contributed by atoms with Gasteiger partial charge in [0.05, 0.1) is 11.5 Å². The van der Waals surface area contributed by atoms with Crippen LogP contribution >= 0.6 is 0 Å². The molecule has 164 valence electrons. The summed E-state index contributed by atoms with van der Waals surface area (Å²) in [6, 6.07) is 4.25. The Morgan fingerprint density at radius 1 is 1.00 bits per heavy atom. The number of rotatable bonds is 6. The first-order chi connectivity index (χ1) is 13.0. The van der Waals surface area contributed by atoms with Crippen LogP contribution < -0.4 is 4.74 Å². The van der Waals surface area contributed by atoms with Gasteiger partial charge in [0.15, 0.2) is 5.60 Å². The summed E-state index contributed by atoms with van der Waals surface area (Å²) in [5.74, 6) is -2.47. The number of carbonyl (C=O) groups excluding carboxylic acids is 2. The topological polar surface area (TPSA) is 72.8 Å². The van der Waals surface area contributed by atoms with Gasteiger partial charge in [0.25, 0.3) is 5.60 Å². The van der Waals surface area contributed by atoms with Crippen LogP contribution in [0.5, 0.6) is 5.75 Å². The monoisotopic (exact) mass is 430 g/mol. The number of hydrogen-bond acceptors (Lipinski definition) is 5. The largest absolute Gasteiger partial charge is 0.452 e. The summed E-state index contributed by atoms with van der Waals surface area (Å²) in [4.78, 5) is 23.8. The average Bonchev–Trinajstić information content (AvgIpc) is 2.58. The lowest BCUT2D eigenvalue weighted by Gasteiger charge is -2.43. The molecule has 0 aliphatic carbocycles. The van der Waals surface area contributed by atoms with Gasteiger partial charge in [-0.05, 0) is 44.5 Å². The van der Waals surface area contributed by atoms with Crippen LogP contribution in [0.15, 0.2) is 24.3 Å².